The van der Waals surface area contributed by atoms with Crippen molar-refractivity contribution in [3.8, 4) is 5.88 Å². The first-order valence-electron chi connectivity index (χ1n) is 4.96. The van der Waals surface area contributed by atoms with Gasteiger partial charge < -0.3 is 4.74 Å². The van der Waals surface area contributed by atoms with Gasteiger partial charge in [-0.2, -0.15) is 0 Å². The number of hydrogen-bond donors (Lipinski definition) is 0. The molecule has 0 radical (unpaired) electrons. The molecule has 0 aliphatic heterocycles. The van der Waals surface area contributed by atoms with E-state index in [0.29, 0.717) is 18.9 Å². The van der Waals surface area contributed by atoms with Gasteiger partial charge in [0, 0.05) is 26.4 Å². The summed E-state index contributed by atoms with van der Waals surface area (Å²) in [7, 11) is -0.0742. The number of nitrogens with zero attached hydrogens (tertiary/aromatic N) is 2. The van der Waals surface area contributed by atoms with Crippen molar-refractivity contribution in [3.63, 3.8) is 0 Å². The van der Waals surface area contributed by atoms with E-state index in [2.05, 4.69) is 4.98 Å². The predicted molar refractivity (Wildman–Crippen MR) is 61.8 cm³/mol. The van der Waals surface area contributed by atoms with Gasteiger partial charge in [-0.05, 0) is 12.5 Å². The van der Waals surface area contributed by atoms with Gasteiger partial charge in [0.15, 0.2) is 0 Å². The van der Waals surface area contributed by atoms with Crippen molar-refractivity contribution >= 4 is 10.0 Å². The molecule has 1 aromatic heterocycles. The molecule has 0 saturated heterocycles. The lowest BCUT2D eigenvalue weighted by Gasteiger charge is -2.11. The van der Waals surface area contributed by atoms with Crippen molar-refractivity contribution in [3.05, 3.63) is 24.4 Å². The zero-order valence-corrected chi connectivity index (χ0v) is 10.3. The van der Waals surface area contributed by atoms with Crippen molar-refractivity contribution in [2.45, 2.75) is 6.42 Å². The van der Waals surface area contributed by atoms with E-state index in [4.69, 9.17) is 4.74 Å². The molecule has 0 saturated carbocycles. The van der Waals surface area contributed by atoms with Crippen molar-refractivity contribution in [2.24, 2.45) is 0 Å². The molecule has 0 aromatic carbocycles. The summed E-state index contributed by atoms with van der Waals surface area (Å²) >= 11 is 0. The zero-order chi connectivity index (χ0) is 12.0. The Labute approximate surface area is 96.1 Å². The molecular weight excluding hydrogens is 228 g/mol. The van der Waals surface area contributed by atoms with Gasteiger partial charge in [-0.3, -0.25) is 0 Å². The van der Waals surface area contributed by atoms with Gasteiger partial charge in [0.25, 0.3) is 0 Å². The number of sulfonamides is 1. The van der Waals surface area contributed by atoms with E-state index in [1.807, 2.05) is 6.07 Å². The molecule has 1 rings (SSSR count). The quantitative estimate of drug-likeness (QED) is 0.693. The molecule has 0 unspecified atom stereocenters. The third kappa shape index (κ3) is 4.16. The summed E-state index contributed by atoms with van der Waals surface area (Å²) in [4.78, 5) is 3.97. The van der Waals surface area contributed by atoms with Crippen LogP contribution in [0.3, 0.4) is 0 Å². The third-order valence-electron chi connectivity index (χ3n) is 1.99. The van der Waals surface area contributed by atoms with Gasteiger partial charge >= 0.3 is 0 Å². The molecule has 0 aliphatic carbocycles. The first-order chi connectivity index (χ1) is 7.52. The van der Waals surface area contributed by atoms with E-state index in [9.17, 15) is 8.42 Å². The molecule has 16 heavy (non-hydrogen) atoms. The number of pyridine rings is 1. The van der Waals surface area contributed by atoms with Gasteiger partial charge in [-0.15, -0.1) is 0 Å². The monoisotopic (exact) mass is 244 g/mol. The smallest absolute Gasteiger partial charge is 0.213 e. The molecule has 6 heteroatoms. The minimum absolute atomic E-state index is 0.0901. The maximum Gasteiger partial charge on any atom is 0.213 e. The van der Waals surface area contributed by atoms with Crippen LogP contribution in [0, 0.1) is 0 Å². The number of hydrogen-bond acceptors (Lipinski definition) is 4. The van der Waals surface area contributed by atoms with Crippen molar-refractivity contribution in [1.29, 1.82) is 0 Å². The first-order valence-corrected chi connectivity index (χ1v) is 6.57. The van der Waals surface area contributed by atoms with Crippen LogP contribution in [0.4, 0.5) is 0 Å². The van der Waals surface area contributed by atoms with E-state index in [0.717, 1.165) is 0 Å². The van der Waals surface area contributed by atoms with Gasteiger partial charge in [0.1, 0.15) is 0 Å². The van der Waals surface area contributed by atoms with Gasteiger partial charge in [-0.1, -0.05) is 6.07 Å². The Hall–Kier alpha value is -1.14. The average Bonchev–Trinajstić information content (AvgIpc) is 2.26. The fraction of sp³-hybridized carbons (Fsp3) is 0.500. The number of aromatic nitrogens is 1. The lowest BCUT2D eigenvalue weighted by Crippen LogP contribution is -2.25. The molecule has 0 amide bonds. The zero-order valence-electron chi connectivity index (χ0n) is 9.46. The molecule has 0 atom stereocenters. The maximum atomic E-state index is 11.4. The van der Waals surface area contributed by atoms with Crippen LogP contribution in [0.5, 0.6) is 5.88 Å². The summed E-state index contributed by atoms with van der Waals surface area (Å²) in [6.45, 7) is 0.351. The fourth-order valence-corrected chi connectivity index (χ4v) is 1.88. The third-order valence-corrected chi connectivity index (χ3v) is 3.91. The fourth-order valence-electron chi connectivity index (χ4n) is 1.03. The largest absolute Gasteiger partial charge is 0.478 e. The highest BCUT2D eigenvalue weighted by Crippen LogP contribution is 2.04. The van der Waals surface area contributed by atoms with E-state index in [1.54, 1.807) is 18.3 Å². The van der Waals surface area contributed by atoms with Crippen LogP contribution in [0.1, 0.15) is 6.42 Å². The summed E-state index contributed by atoms with van der Waals surface area (Å²) in [6.07, 6.45) is 2.09. The van der Waals surface area contributed by atoms with Gasteiger partial charge in [0.05, 0.1) is 12.4 Å². The standard InChI is InChI=1S/C10H16N2O3S/c1-12(2)16(13,14)9-5-8-15-10-6-3-4-7-11-10/h3-4,6-7H,5,8-9H2,1-2H3. The molecule has 0 N–H and O–H groups in total. The second kappa shape index (κ2) is 5.81. The number of rotatable bonds is 6. The molecule has 1 aromatic rings. The van der Waals surface area contributed by atoms with Crippen LogP contribution in [-0.2, 0) is 10.0 Å². The van der Waals surface area contributed by atoms with Crippen LogP contribution < -0.4 is 4.74 Å². The highest BCUT2D eigenvalue weighted by atomic mass is 32.2. The van der Waals surface area contributed by atoms with Crippen LogP contribution >= 0.6 is 0 Å². The minimum atomic E-state index is -3.12. The Balaban J connectivity index is 2.28. The van der Waals surface area contributed by atoms with Crippen molar-refractivity contribution < 1.29 is 13.2 Å². The van der Waals surface area contributed by atoms with Gasteiger partial charge in [-0.25, -0.2) is 17.7 Å². The van der Waals surface area contributed by atoms with Crippen LogP contribution in [-0.4, -0.2) is 44.2 Å². The summed E-state index contributed by atoms with van der Waals surface area (Å²) in [5.41, 5.74) is 0. The molecule has 1 heterocycles. The Morgan fingerprint density at radius 3 is 2.69 bits per heavy atom. The second-order valence-electron chi connectivity index (χ2n) is 3.47. The lowest BCUT2D eigenvalue weighted by atomic mass is 10.5. The minimum Gasteiger partial charge on any atom is -0.478 e. The van der Waals surface area contributed by atoms with E-state index in [1.165, 1.54) is 18.4 Å². The molecule has 0 spiro atoms. The van der Waals surface area contributed by atoms with Crippen molar-refractivity contribution in [2.75, 3.05) is 26.5 Å². The van der Waals surface area contributed by atoms with Crippen LogP contribution in [0.25, 0.3) is 0 Å². The first kappa shape index (κ1) is 12.9. The lowest BCUT2D eigenvalue weighted by molar-refractivity contribution is 0.305. The highest BCUT2D eigenvalue weighted by Gasteiger charge is 2.12. The molecule has 0 fully saturated rings. The van der Waals surface area contributed by atoms with Crippen LogP contribution in [0.2, 0.25) is 0 Å². The molecule has 0 bridgehead atoms. The average molecular weight is 244 g/mol. The topological polar surface area (TPSA) is 59.5 Å². The highest BCUT2D eigenvalue weighted by molar-refractivity contribution is 7.89. The van der Waals surface area contributed by atoms with Crippen LogP contribution in [0.15, 0.2) is 24.4 Å². The Bertz CT molecular complexity index is 403. The summed E-state index contributed by atoms with van der Waals surface area (Å²) in [5.74, 6) is 0.608. The molecule has 0 aliphatic rings. The van der Waals surface area contributed by atoms with E-state index >= 15 is 0 Å². The summed E-state index contributed by atoms with van der Waals surface area (Å²) in [5, 5.41) is 0. The molecule has 5 nitrogen and oxygen atoms in total. The van der Waals surface area contributed by atoms with E-state index < -0.39 is 10.0 Å². The SMILES string of the molecule is CN(C)S(=O)(=O)CCCOc1ccccn1. The summed E-state index contributed by atoms with van der Waals surface area (Å²) in [6, 6.07) is 5.35. The van der Waals surface area contributed by atoms with Crippen molar-refractivity contribution in [1.82, 2.24) is 9.29 Å². The second-order valence-corrected chi connectivity index (χ2v) is 5.77. The Kier molecular flexibility index (Phi) is 4.70. The number of ether oxygens (including phenoxy) is 1. The molecule has 90 valence electrons. The van der Waals surface area contributed by atoms with E-state index in [-0.39, 0.29) is 5.75 Å². The predicted octanol–water partition coefficient (Wildman–Crippen LogP) is 0.742. The Morgan fingerprint density at radius 1 is 1.38 bits per heavy atom. The summed E-state index contributed by atoms with van der Waals surface area (Å²) < 4.78 is 29.3. The molecular formula is C10H16N2O3S. The Morgan fingerprint density at radius 2 is 2.12 bits per heavy atom. The normalized spacial score (nSPS) is 11.7. The maximum absolute atomic E-state index is 11.4. The van der Waals surface area contributed by atoms with Gasteiger partial charge in [0.2, 0.25) is 15.9 Å².